The van der Waals surface area contributed by atoms with Crippen LogP contribution in [0.3, 0.4) is 0 Å². The van der Waals surface area contributed by atoms with Crippen LogP contribution in [0.4, 0.5) is 0 Å². The number of likely N-dealkylation sites (tertiary alicyclic amines) is 1. The molecule has 1 aromatic carbocycles. The highest BCUT2D eigenvalue weighted by molar-refractivity contribution is 5.89. The number of hydrogen-bond acceptors (Lipinski definition) is 1. The Kier molecular flexibility index (Phi) is 3.28. The number of nitrogens with zero attached hydrogens (tertiary/aromatic N) is 1. The summed E-state index contributed by atoms with van der Waals surface area (Å²) in [5, 5.41) is 1.18. The molecule has 3 rings (SSSR count). The van der Waals surface area contributed by atoms with E-state index < -0.39 is 0 Å². The molecule has 0 saturated carbocycles. The number of nitrogens with one attached hydrogen (secondary N) is 1. The number of piperidine rings is 1. The number of hydrogen-bond donors (Lipinski definition) is 1. The van der Waals surface area contributed by atoms with Crippen molar-refractivity contribution >= 4 is 16.8 Å². The summed E-state index contributed by atoms with van der Waals surface area (Å²) in [6, 6.07) is 6.34. The number of amides is 1. The predicted octanol–water partition coefficient (Wildman–Crippen LogP) is 3.03. The van der Waals surface area contributed by atoms with Gasteiger partial charge in [-0.25, -0.2) is 0 Å². The van der Waals surface area contributed by atoms with Gasteiger partial charge in [0.25, 0.3) is 0 Å². The summed E-state index contributed by atoms with van der Waals surface area (Å²) in [6.07, 6.45) is 6.06. The average molecular weight is 256 g/mol. The molecule has 0 aliphatic carbocycles. The first kappa shape index (κ1) is 12.3. The molecule has 19 heavy (non-hydrogen) atoms. The van der Waals surface area contributed by atoms with Crippen molar-refractivity contribution in [3.05, 3.63) is 35.5 Å². The second-order valence-corrected chi connectivity index (χ2v) is 5.48. The van der Waals surface area contributed by atoms with Crippen LogP contribution >= 0.6 is 0 Å². The molecule has 0 bridgehead atoms. The zero-order valence-electron chi connectivity index (χ0n) is 11.4. The maximum absolute atomic E-state index is 12.3. The fourth-order valence-corrected chi connectivity index (χ4v) is 2.86. The third-order valence-electron chi connectivity index (χ3n) is 3.97. The topological polar surface area (TPSA) is 36.1 Å². The number of carbonyl (C=O) groups is 1. The highest BCUT2D eigenvalue weighted by Gasteiger charge is 2.17. The Morgan fingerprint density at radius 1 is 1.26 bits per heavy atom. The van der Waals surface area contributed by atoms with Crippen LogP contribution in [0.25, 0.3) is 10.9 Å². The molecule has 0 atom stereocenters. The molecule has 3 heteroatoms. The third kappa shape index (κ3) is 2.50. The van der Waals surface area contributed by atoms with E-state index in [0.29, 0.717) is 6.42 Å². The number of fused-ring (bicyclic) bond motifs is 1. The Morgan fingerprint density at radius 2 is 2.05 bits per heavy atom. The van der Waals surface area contributed by atoms with Crippen LogP contribution in [-0.2, 0) is 11.2 Å². The first-order valence-electron chi connectivity index (χ1n) is 7.08. The molecule has 1 fully saturated rings. The Balaban J connectivity index is 1.79. The molecule has 0 radical (unpaired) electrons. The van der Waals surface area contributed by atoms with Crippen molar-refractivity contribution < 1.29 is 4.79 Å². The van der Waals surface area contributed by atoms with E-state index in [-0.39, 0.29) is 5.91 Å². The van der Waals surface area contributed by atoms with Gasteiger partial charge >= 0.3 is 0 Å². The van der Waals surface area contributed by atoms with Crippen molar-refractivity contribution in [2.75, 3.05) is 13.1 Å². The summed E-state index contributed by atoms with van der Waals surface area (Å²) >= 11 is 0. The van der Waals surface area contributed by atoms with Gasteiger partial charge < -0.3 is 9.88 Å². The van der Waals surface area contributed by atoms with Gasteiger partial charge in [0, 0.05) is 30.2 Å². The summed E-state index contributed by atoms with van der Waals surface area (Å²) in [6.45, 7) is 3.94. The molecule has 0 spiro atoms. The first-order chi connectivity index (χ1) is 9.24. The van der Waals surface area contributed by atoms with Gasteiger partial charge in [-0.15, -0.1) is 0 Å². The van der Waals surface area contributed by atoms with E-state index in [1.165, 1.54) is 17.4 Å². The average Bonchev–Trinajstić information content (AvgIpc) is 2.82. The molecule has 1 aliphatic rings. The smallest absolute Gasteiger partial charge is 0.227 e. The lowest BCUT2D eigenvalue weighted by atomic mass is 10.1. The monoisotopic (exact) mass is 256 g/mol. The lowest BCUT2D eigenvalue weighted by molar-refractivity contribution is -0.131. The van der Waals surface area contributed by atoms with Crippen molar-refractivity contribution in [1.82, 2.24) is 9.88 Å². The van der Waals surface area contributed by atoms with Crippen LogP contribution in [0.1, 0.15) is 30.4 Å². The van der Waals surface area contributed by atoms with Crippen LogP contribution in [0.5, 0.6) is 0 Å². The number of aromatic amines is 1. The van der Waals surface area contributed by atoms with Gasteiger partial charge in [-0.05, 0) is 43.4 Å². The van der Waals surface area contributed by atoms with Gasteiger partial charge in [0.1, 0.15) is 0 Å². The molecular formula is C16H20N2O. The largest absolute Gasteiger partial charge is 0.361 e. The lowest BCUT2D eigenvalue weighted by Gasteiger charge is -2.26. The molecule has 1 aliphatic heterocycles. The highest BCUT2D eigenvalue weighted by Crippen LogP contribution is 2.21. The third-order valence-corrected chi connectivity index (χ3v) is 3.97. The summed E-state index contributed by atoms with van der Waals surface area (Å²) in [7, 11) is 0. The van der Waals surface area contributed by atoms with E-state index in [2.05, 4.69) is 30.1 Å². The van der Waals surface area contributed by atoms with E-state index in [9.17, 15) is 4.79 Å². The van der Waals surface area contributed by atoms with Gasteiger partial charge in [0.2, 0.25) is 5.91 Å². The SMILES string of the molecule is Cc1ccc2c(CC(=O)N3CCCCC3)c[nH]c2c1. The van der Waals surface area contributed by atoms with E-state index in [1.54, 1.807) is 0 Å². The minimum atomic E-state index is 0.265. The molecule has 1 N–H and O–H groups in total. The van der Waals surface area contributed by atoms with Crippen LogP contribution < -0.4 is 0 Å². The number of aryl methyl sites for hydroxylation is 1. The molecule has 1 amide bonds. The first-order valence-corrected chi connectivity index (χ1v) is 7.08. The van der Waals surface area contributed by atoms with E-state index in [4.69, 9.17) is 0 Å². The van der Waals surface area contributed by atoms with E-state index in [0.717, 1.165) is 37.0 Å². The number of carbonyl (C=O) groups excluding carboxylic acids is 1. The molecule has 2 aromatic rings. The quantitative estimate of drug-likeness (QED) is 0.881. The number of aromatic nitrogens is 1. The van der Waals surface area contributed by atoms with Crippen molar-refractivity contribution in [3.63, 3.8) is 0 Å². The summed E-state index contributed by atoms with van der Waals surface area (Å²) in [5.74, 6) is 0.265. The van der Waals surface area contributed by atoms with Crippen LogP contribution in [0, 0.1) is 6.92 Å². The van der Waals surface area contributed by atoms with Gasteiger partial charge in [-0.2, -0.15) is 0 Å². The highest BCUT2D eigenvalue weighted by atomic mass is 16.2. The molecule has 100 valence electrons. The molecule has 0 unspecified atom stereocenters. The Labute approximate surface area is 113 Å². The summed E-state index contributed by atoms with van der Waals surface area (Å²) < 4.78 is 0. The number of H-pyrrole nitrogens is 1. The van der Waals surface area contributed by atoms with E-state index in [1.807, 2.05) is 11.1 Å². The zero-order chi connectivity index (χ0) is 13.2. The molecule has 2 heterocycles. The van der Waals surface area contributed by atoms with Crippen molar-refractivity contribution in [2.45, 2.75) is 32.6 Å². The fourth-order valence-electron chi connectivity index (χ4n) is 2.86. The summed E-state index contributed by atoms with van der Waals surface area (Å²) in [4.78, 5) is 17.6. The minimum Gasteiger partial charge on any atom is -0.361 e. The molecule has 3 nitrogen and oxygen atoms in total. The van der Waals surface area contributed by atoms with Crippen molar-refractivity contribution in [1.29, 1.82) is 0 Å². The molecule has 1 saturated heterocycles. The fraction of sp³-hybridized carbons (Fsp3) is 0.438. The second kappa shape index (κ2) is 5.08. The predicted molar refractivity (Wildman–Crippen MR) is 77.2 cm³/mol. The maximum atomic E-state index is 12.3. The maximum Gasteiger partial charge on any atom is 0.227 e. The Morgan fingerprint density at radius 3 is 2.84 bits per heavy atom. The molecule has 1 aromatic heterocycles. The zero-order valence-corrected chi connectivity index (χ0v) is 11.4. The van der Waals surface area contributed by atoms with Crippen molar-refractivity contribution in [2.24, 2.45) is 0 Å². The van der Waals surface area contributed by atoms with Gasteiger partial charge in [-0.1, -0.05) is 12.1 Å². The summed E-state index contributed by atoms with van der Waals surface area (Å²) in [5.41, 5.74) is 3.48. The second-order valence-electron chi connectivity index (χ2n) is 5.48. The number of benzene rings is 1. The van der Waals surface area contributed by atoms with Crippen LogP contribution in [-0.4, -0.2) is 28.9 Å². The van der Waals surface area contributed by atoms with Crippen LogP contribution in [0.15, 0.2) is 24.4 Å². The standard InChI is InChI=1S/C16H20N2O/c1-12-5-6-14-13(11-17-15(14)9-12)10-16(19)18-7-3-2-4-8-18/h5-6,9,11,17H,2-4,7-8,10H2,1H3. The lowest BCUT2D eigenvalue weighted by Crippen LogP contribution is -2.36. The molecular weight excluding hydrogens is 236 g/mol. The Bertz CT molecular complexity index is 594. The minimum absolute atomic E-state index is 0.265. The number of rotatable bonds is 2. The van der Waals surface area contributed by atoms with Crippen LogP contribution in [0.2, 0.25) is 0 Å². The van der Waals surface area contributed by atoms with Crippen molar-refractivity contribution in [3.8, 4) is 0 Å². The van der Waals surface area contributed by atoms with E-state index >= 15 is 0 Å². The Hall–Kier alpha value is -1.77. The van der Waals surface area contributed by atoms with Gasteiger partial charge in [0.15, 0.2) is 0 Å². The van der Waals surface area contributed by atoms with Gasteiger partial charge in [-0.3, -0.25) is 4.79 Å². The van der Waals surface area contributed by atoms with Gasteiger partial charge in [0.05, 0.1) is 6.42 Å². The normalized spacial score (nSPS) is 15.9.